The topological polar surface area (TPSA) is 59.0 Å². The van der Waals surface area contributed by atoms with Crippen LogP contribution >= 0.6 is 11.6 Å². The minimum atomic E-state index is -0.911. The Hall–Kier alpha value is -1.56. The minimum Gasteiger partial charge on any atom is -0.489 e. The van der Waals surface area contributed by atoms with Crippen LogP contribution < -0.4 is 4.74 Å². The highest BCUT2D eigenvalue weighted by Crippen LogP contribution is 2.29. The Labute approximate surface area is 127 Å². The van der Waals surface area contributed by atoms with E-state index in [0.29, 0.717) is 31.3 Å². The predicted molar refractivity (Wildman–Crippen MR) is 78.7 cm³/mol. The van der Waals surface area contributed by atoms with E-state index in [1.165, 1.54) is 0 Å². The van der Waals surface area contributed by atoms with Crippen LogP contribution in [0.25, 0.3) is 6.08 Å². The van der Waals surface area contributed by atoms with Crippen LogP contribution in [0.1, 0.15) is 5.56 Å². The summed E-state index contributed by atoms with van der Waals surface area (Å²) >= 11 is 5.99. The highest BCUT2D eigenvalue weighted by Gasteiger charge is 2.27. The fourth-order valence-electron chi connectivity index (χ4n) is 2.57. The number of nitrogens with zero attached hydrogens (tertiary/aromatic N) is 1. The van der Waals surface area contributed by atoms with Gasteiger partial charge in [-0.05, 0) is 29.8 Å². The lowest BCUT2D eigenvalue weighted by Crippen LogP contribution is -2.46. The third-order valence-corrected chi connectivity index (χ3v) is 3.83. The van der Waals surface area contributed by atoms with E-state index < -0.39 is 12.1 Å². The molecule has 1 N–H and O–H groups in total. The summed E-state index contributed by atoms with van der Waals surface area (Å²) in [7, 11) is 0. The molecule has 2 aliphatic heterocycles. The Balaban J connectivity index is 1.69. The molecule has 0 saturated carbocycles. The second kappa shape index (κ2) is 6.05. The van der Waals surface area contributed by atoms with Crippen molar-refractivity contribution in [1.82, 2.24) is 4.90 Å². The number of carbonyl (C=O) groups is 1. The Morgan fingerprint density at radius 2 is 2.33 bits per heavy atom. The molecule has 2 heterocycles. The molecule has 1 unspecified atom stereocenters. The maximum absolute atomic E-state index is 11.0. The SMILES string of the molecule is O=C(O)C1CN(CC2=Cc3cc(Cl)ccc3OC2)CCO1. The smallest absolute Gasteiger partial charge is 0.334 e. The van der Waals surface area contributed by atoms with E-state index in [-0.39, 0.29) is 0 Å². The normalized spacial score (nSPS) is 22.1. The van der Waals surface area contributed by atoms with E-state index >= 15 is 0 Å². The Morgan fingerprint density at radius 3 is 3.14 bits per heavy atom. The van der Waals surface area contributed by atoms with Gasteiger partial charge in [0.05, 0.1) is 6.61 Å². The van der Waals surface area contributed by atoms with Gasteiger partial charge < -0.3 is 14.6 Å². The third-order valence-electron chi connectivity index (χ3n) is 3.60. The average Bonchev–Trinajstić information content (AvgIpc) is 2.47. The maximum Gasteiger partial charge on any atom is 0.334 e. The predicted octanol–water partition coefficient (Wildman–Crippen LogP) is 1.90. The zero-order chi connectivity index (χ0) is 14.8. The van der Waals surface area contributed by atoms with E-state index in [2.05, 4.69) is 11.0 Å². The first-order chi connectivity index (χ1) is 10.1. The number of halogens is 1. The lowest BCUT2D eigenvalue weighted by Gasteiger charge is -2.32. The molecule has 0 aromatic heterocycles. The van der Waals surface area contributed by atoms with Gasteiger partial charge in [-0.2, -0.15) is 0 Å². The molecule has 0 spiro atoms. The molecule has 21 heavy (non-hydrogen) atoms. The Kier molecular flexibility index (Phi) is 4.14. The Bertz CT molecular complexity index is 587. The lowest BCUT2D eigenvalue weighted by molar-refractivity contribution is -0.155. The van der Waals surface area contributed by atoms with E-state index in [1.54, 1.807) is 6.07 Å². The summed E-state index contributed by atoms with van der Waals surface area (Å²) in [6, 6.07) is 5.54. The van der Waals surface area contributed by atoms with Crippen LogP contribution in [0.4, 0.5) is 0 Å². The monoisotopic (exact) mass is 309 g/mol. The van der Waals surface area contributed by atoms with Crippen molar-refractivity contribution in [3.63, 3.8) is 0 Å². The van der Waals surface area contributed by atoms with E-state index in [9.17, 15) is 4.79 Å². The largest absolute Gasteiger partial charge is 0.489 e. The summed E-state index contributed by atoms with van der Waals surface area (Å²) in [5.41, 5.74) is 2.07. The van der Waals surface area contributed by atoms with E-state index in [0.717, 1.165) is 23.4 Å². The first-order valence-electron chi connectivity index (χ1n) is 6.80. The van der Waals surface area contributed by atoms with Crippen molar-refractivity contribution in [3.05, 3.63) is 34.4 Å². The van der Waals surface area contributed by atoms with Crippen molar-refractivity contribution in [2.75, 3.05) is 32.8 Å². The van der Waals surface area contributed by atoms with Crippen LogP contribution in [0.15, 0.2) is 23.8 Å². The van der Waals surface area contributed by atoms with Gasteiger partial charge in [-0.15, -0.1) is 0 Å². The Morgan fingerprint density at radius 1 is 1.48 bits per heavy atom. The standard InChI is InChI=1S/C15H16ClNO4/c16-12-1-2-13-11(6-12)5-10(9-21-13)7-17-3-4-20-14(8-17)15(18)19/h1-2,5-6,14H,3-4,7-9H2,(H,18,19). The fraction of sp³-hybridized carbons (Fsp3) is 0.400. The highest BCUT2D eigenvalue weighted by atomic mass is 35.5. The van der Waals surface area contributed by atoms with Gasteiger partial charge in [0, 0.05) is 30.2 Å². The van der Waals surface area contributed by atoms with Crippen molar-refractivity contribution < 1.29 is 19.4 Å². The quantitative estimate of drug-likeness (QED) is 0.924. The molecule has 112 valence electrons. The van der Waals surface area contributed by atoms with Crippen molar-refractivity contribution in [3.8, 4) is 5.75 Å². The third kappa shape index (κ3) is 3.37. The minimum absolute atomic E-state index is 0.398. The number of benzene rings is 1. The molecule has 0 bridgehead atoms. The molecule has 3 rings (SSSR count). The van der Waals surface area contributed by atoms with Crippen LogP contribution in [0, 0.1) is 0 Å². The molecule has 0 aliphatic carbocycles. The van der Waals surface area contributed by atoms with Crippen molar-refractivity contribution >= 4 is 23.6 Å². The molecule has 1 fully saturated rings. The van der Waals surface area contributed by atoms with Gasteiger partial charge in [0.2, 0.25) is 0 Å². The number of hydrogen-bond acceptors (Lipinski definition) is 4. The number of hydrogen-bond donors (Lipinski definition) is 1. The number of carboxylic acids is 1. The number of aliphatic carboxylic acids is 1. The summed E-state index contributed by atoms with van der Waals surface area (Å²) in [5, 5.41) is 9.69. The number of morpholine rings is 1. The summed E-state index contributed by atoms with van der Waals surface area (Å²) in [4.78, 5) is 13.1. The van der Waals surface area contributed by atoms with Crippen LogP contribution in [-0.2, 0) is 9.53 Å². The van der Waals surface area contributed by atoms with Crippen LogP contribution in [0.3, 0.4) is 0 Å². The van der Waals surface area contributed by atoms with Gasteiger partial charge in [-0.3, -0.25) is 4.90 Å². The van der Waals surface area contributed by atoms with Gasteiger partial charge in [-0.25, -0.2) is 4.79 Å². The van der Waals surface area contributed by atoms with Gasteiger partial charge in [0.1, 0.15) is 12.4 Å². The van der Waals surface area contributed by atoms with Crippen LogP contribution in [0.5, 0.6) is 5.75 Å². The van der Waals surface area contributed by atoms with Crippen molar-refractivity contribution in [2.45, 2.75) is 6.10 Å². The summed E-state index contributed by atoms with van der Waals surface area (Å²) in [6.45, 7) is 2.76. The summed E-state index contributed by atoms with van der Waals surface area (Å²) < 4.78 is 10.9. The first kappa shape index (κ1) is 14.4. The average molecular weight is 310 g/mol. The molecule has 2 aliphatic rings. The number of fused-ring (bicyclic) bond motifs is 1. The molecular formula is C15H16ClNO4. The van der Waals surface area contributed by atoms with Crippen molar-refractivity contribution in [1.29, 1.82) is 0 Å². The molecule has 1 atom stereocenters. The molecule has 1 aromatic rings. The van der Waals surface area contributed by atoms with Gasteiger partial charge in [0.25, 0.3) is 0 Å². The molecule has 1 saturated heterocycles. The van der Waals surface area contributed by atoms with E-state index in [1.807, 2.05) is 12.1 Å². The van der Waals surface area contributed by atoms with Gasteiger partial charge >= 0.3 is 5.97 Å². The molecular weight excluding hydrogens is 294 g/mol. The lowest BCUT2D eigenvalue weighted by atomic mass is 10.1. The number of ether oxygens (including phenoxy) is 2. The second-order valence-electron chi connectivity index (χ2n) is 5.21. The van der Waals surface area contributed by atoms with Crippen LogP contribution in [-0.4, -0.2) is 54.9 Å². The molecule has 5 nitrogen and oxygen atoms in total. The summed E-state index contributed by atoms with van der Waals surface area (Å²) in [6.07, 6.45) is 1.32. The fourth-order valence-corrected chi connectivity index (χ4v) is 2.75. The van der Waals surface area contributed by atoms with Crippen molar-refractivity contribution in [2.24, 2.45) is 0 Å². The van der Waals surface area contributed by atoms with Gasteiger partial charge in [0.15, 0.2) is 6.10 Å². The number of rotatable bonds is 3. The summed E-state index contributed by atoms with van der Waals surface area (Å²) in [5.74, 6) is -0.0840. The molecule has 6 heteroatoms. The zero-order valence-electron chi connectivity index (χ0n) is 11.4. The molecule has 0 radical (unpaired) electrons. The first-order valence-corrected chi connectivity index (χ1v) is 7.18. The number of carboxylic acid groups (broad SMARTS) is 1. The van der Waals surface area contributed by atoms with Crippen LogP contribution in [0.2, 0.25) is 5.02 Å². The molecule has 0 amide bonds. The highest BCUT2D eigenvalue weighted by molar-refractivity contribution is 6.30. The zero-order valence-corrected chi connectivity index (χ0v) is 12.2. The van der Waals surface area contributed by atoms with E-state index in [4.69, 9.17) is 26.2 Å². The molecule has 1 aromatic carbocycles. The van der Waals surface area contributed by atoms with Gasteiger partial charge in [-0.1, -0.05) is 11.6 Å². The second-order valence-corrected chi connectivity index (χ2v) is 5.64. The maximum atomic E-state index is 11.0.